The molecule has 0 aliphatic carbocycles. The number of carbonyl (C=O) groups is 3. The smallest absolute Gasteiger partial charge is 0.410 e. The highest BCUT2D eigenvalue weighted by Crippen LogP contribution is 2.18. The SMILES string of the molecule is CC(C)(C)OC(=O)N1CCN2C(=O)OCC(=O)[C@H]2C1. The van der Waals surface area contributed by atoms with Crippen LogP contribution in [0.15, 0.2) is 0 Å². The van der Waals surface area contributed by atoms with Crippen molar-refractivity contribution in [3.8, 4) is 0 Å². The normalized spacial score (nSPS) is 23.8. The number of amides is 2. The first kappa shape index (κ1) is 13.6. The van der Waals surface area contributed by atoms with Crippen molar-refractivity contribution < 1.29 is 23.9 Å². The number of fused-ring (bicyclic) bond motifs is 1. The lowest BCUT2D eigenvalue weighted by Gasteiger charge is -2.42. The van der Waals surface area contributed by atoms with Gasteiger partial charge in [0.25, 0.3) is 0 Å². The van der Waals surface area contributed by atoms with Gasteiger partial charge >= 0.3 is 12.2 Å². The van der Waals surface area contributed by atoms with Gasteiger partial charge in [0.05, 0.1) is 6.54 Å². The molecule has 0 spiro atoms. The Morgan fingerprint density at radius 1 is 1.32 bits per heavy atom. The predicted molar refractivity (Wildman–Crippen MR) is 64.7 cm³/mol. The van der Waals surface area contributed by atoms with Crippen molar-refractivity contribution in [1.29, 1.82) is 0 Å². The van der Waals surface area contributed by atoms with Gasteiger partial charge in [0, 0.05) is 13.1 Å². The van der Waals surface area contributed by atoms with Gasteiger partial charge in [0.1, 0.15) is 11.6 Å². The standard InChI is InChI=1S/C12H18N2O5/c1-12(2,3)19-10(16)13-4-5-14-8(6-13)9(15)7-18-11(14)17/h8H,4-7H2,1-3H3/t8-/m1/s1. The van der Waals surface area contributed by atoms with Crippen LogP contribution in [0.5, 0.6) is 0 Å². The largest absolute Gasteiger partial charge is 0.444 e. The lowest BCUT2D eigenvalue weighted by molar-refractivity contribution is -0.133. The van der Waals surface area contributed by atoms with Gasteiger partial charge in [0.2, 0.25) is 0 Å². The minimum atomic E-state index is -0.609. The average Bonchev–Trinajstić information content (AvgIpc) is 2.31. The van der Waals surface area contributed by atoms with Crippen molar-refractivity contribution in [1.82, 2.24) is 9.80 Å². The Morgan fingerprint density at radius 3 is 2.63 bits per heavy atom. The van der Waals surface area contributed by atoms with E-state index in [0.29, 0.717) is 6.54 Å². The van der Waals surface area contributed by atoms with Crippen LogP contribution in [0.1, 0.15) is 20.8 Å². The van der Waals surface area contributed by atoms with Gasteiger partial charge in [-0.2, -0.15) is 0 Å². The van der Waals surface area contributed by atoms with E-state index >= 15 is 0 Å². The Bertz CT molecular complexity index is 415. The highest BCUT2D eigenvalue weighted by atomic mass is 16.6. The third-order valence-corrected chi connectivity index (χ3v) is 2.98. The summed E-state index contributed by atoms with van der Waals surface area (Å²) in [6, 6.07) is -0.609. The first-order chi connectivity index (χ1) is 8.78. The van der Waals surface area contributed by atoms with Crippen LogP contribution >= 0.6 is 0 Å². The summed E-state index contributed by atoms with van der Waals surface area (Å²) >= 11 is 0. The molecule has 0 aromatic carbocycles. The second-order valence-corrected chi connectivity index (χ2v) is 5.66. The van der Waals surface area contributed by atoms with E-state index in [1.165, 1.54) is 9.80 Å². The maximum absolute atomic E-state index is 11.9. The van der Waals surface area contributed by atoms with E-state index in [-0.39, 0.29) is 25.5 Å². The molecule has 7 nitrogen and oxygen atoms in total. The monoisotopic (exact) mass is 270 g/mol. The number of Topliss-reactive ketones (excluding diaryl/α,β-unsaturated/α-hetero) is 1. The van der Waals surface area contributed by atoms with Gasteiger partial charge in [-0.15, -0.1) is 0 Å². The highest BCUT2D eigenvalue weighted by Gasteiger charge is 2.41. The van der Waals surface area contributed by atoms with Crippen LogP contribution in [-0.2, 0) is 14.3 Å². The number of rotatable bonds is 0. The van der Waals surface area contributed by atoms with E-state index in [9.17, 15) is 14.4 Å². The van der Waals surface area contributed by atoms with Crippen molar-refractivity contribution in [3.63, 3.8) is 0 Å². The maximum Gasteiger partial charge on any atom is 0.410 e. The van der Waals surface area contributed by atoms with Crippen LogP contribution in [0.2, 0.25) is 0 Å². The Morgan fingerprint density at radius 2 is 2.00 bits per heavy atom. The molecule has 2 heterocycles. The molecule has 0 radical (unpaired) electrons. The van der Waals surface area contributed by atoms with Gasteiger partial charge in [-0.3, -0.25) is 9.69 Å². The van der Waals surface area contributed by atoms with Crippen LogP contribution in [0.3, 0.4) is 0 Å². The van der Waals surface area contributed by atoms with Crippen molar-refractivity contribution in [2.45, 2.75) is 32.4 Å². The third-order valence-electron chi connectivity index (χ3n) is 2.98. The Balaban J connectivity index is 2.03. The number of nitrogens with zero attached hydrogens (tertiary/aromatic N) is 2. The molecule has 19 heavy (non-hydrogen) atoms. The number of ketones is 1. The Hall–Kier alpha value is -1.79. The molecule has 0 N–H and O–H groups in total. The summed E-state index contributed by atoms with van der Waals surface area (Å²) in [7, 11) is 0. The maximum atomic E-state index is 11.9. The lowest BCUT2D eigenvalue weighted by atomic mass is 10.1. The number of hydrogen-bond acceptors (Lipinski definition) is 5. The molecular weight excluding hydrogens is 252 g/mol. The fourth-order valence-electron chi connectivity index (χ4n) is 2.08. The zero-order valence-electron chi connectivity index (χ0n) is 11.3. The Kier molecular flexibility index (Phi) is 3.38. The van der Waals surface area contributed by atoms with E-state index in [0.717, 1.165) is 0 Å². The fraction of sp³-hybridized carbons (Fsp3) is 0.750. The second-order valence-electron chi connectivity index (χ2n) is 5.66. The molecule has 1 atom stereocenters. The van der Waals surface area contributed by atoms with Crippen LogP contribution in [0.25, 0.3) is 0 Å². The highest BCUT2D eigenvalue weighted by molar-refractivity contribution is 5.93. The molecule has 2 saturated heterocycles. The van der Waals surface area contributed by atoms with Crippen LogP contribution in [0.4, 0.5) is 9.59 Å². The molecule has 2 rings (SSSR count). The molecule has 0 saturated carbocycles. The molecule has 0 aromatic heterocycles. The van der Waals surface area contributed by atoms with Crippen LogP contribution in [0, 0.1) is 0 Å². The number of piperazine rings is 1. The van der Waals surface area contributed by atoms with Gasteiger partial charge in [-0.25, -0.2) is 9.59 Å². The first-order valence-corrected chi connectivity index (χ1v) is 6.22. The average molecular weight is 270 g/mol. The molecule has 2 aliphatic rings. The summed E-state index contributed by atoms with van der Waals surface area (Å²) in [5, 5.41) is 0. The van der Waals surface area contributed by atoms with E-state index in [1.807, 2.05) is 0 Å². The molecule has 106 valence electrons. The zero-order chi connectivity index (χ0) is 14.2. The van der Waals surface area contributed by atoms with Gasteiger partial charge in [-0.1, -0.05) is 0 Å². The van der Waals surface area contributed by atoms with Crippen molar-refractivity contribution in [2.75, 3.05) is 26.2 Å². The van der Waals surface area contributed by atoms with E-state index in [2.05, 4.69) is 0 Å². The van der Waals surface area contributed by atoms with E-state index < -0.39 is 23.8 Å². The molecule has 7 heteroatoms. The fourth-order valence-corrected chi connectivity index (χ4v) is 2.08. The van der Waals surface area contributed by atoms with Crippen molar-refractivity contribution in [2.24, 2.45) is 0 Å². The summed E-state index contributed by atoms with van der Waals surface area (Å²) in [4.78, 5) is 38.0. The molecule has 0 aromatic rings. The summed E-state index contributed by atoms with van der Waals surface area (Å²) < 4.78 is 10.00. The third kappa shape index (κ3) is 2.97. The van der Waals surface area contributed by atoms with Crippen molar-refractivity contribution >= 4 is 18.0 Å². The van der Waals surface area contributed by atoms with Gasteiger partial charge < -0.3 is 14.4 Å². The Labute approximate surface area is 111 Å². The second kappa shape index (κ2) is 4.71. The molecule has 2 fully saturated rings. The van der Waals surface area contributed by atoms with E-state index in [4.69, 9.17) is 9.47 Å². The molecular formula is C12H18N2O5. The minimum Gasteiger partial charge on any atom is -0.444 e. The number of hydrogen-bond donors (Lipinski definition) is 0. The summed E-state index contributed by atoms with van der Waals surface area (Å²) in [5.41, 5.74) is -0.580. The van der Waals surface area contributed by atoms with Crippen molar-refractivity contribution in [3.05, 3.63) is 0 Å². The van der Waals surface area contributed by atoms with Crippen LogP contribution in [-0.4, -0.2) is 65.7 Å². The molecule has 2 aliphatic heterocycles. The first-order valence-electron chi connectivity index (χ1n) is 6.22. The number of carbonyl (C=O) groups excluding carboxylic acids is 3. The number of ether oxygens (including phenoxy) is 2. The quantitative estimate of drug-likeness (QED) is 0.645. The van der Waals surface area contributed by atoms with Gasteiger partial charge in [0.15, 0.2) is 12.4 Å². The van der Waals surface area contributed by atoms with E-state index in [1.54, 1.807) is 20.8 Å². The minimum absolute atomic E-state index is 0.169. The van der Waals surface area contributed by atoms with Crippen LogP contribution < -0.4 is 0 Å². The zero-order valence-corrected chi connectivity index (χ0v) is 11.3. The topological polar surface area (TPSA) is 76.2 Å². The predicted octanol–water partition coefficient (Wildman–Crippen LogP) is 0.627. The summed E-state index contributed by atoms with van der Waals surface area (Å²) in [6.45, 7) is 5.92. The molecule has 0 unspecified atom stereocenters. The summed E-state index contributed by atoms with van der Waals surface area (Å²) in [5.74, 6) is -0.187. The number of cyclic esters (lactones) is 1. The lowest BCUT2D eigenvalue weighted by Crippen LogP contribution is -2.63. The van der Waals surface area contributed by atoms with Gasteiger partial charge in [-0.05, 0) is 20.8 Å². The summed E-state index contributed by atoms with van der Waals surface area (Å²) in [6.07, 6.45) is -0.952. The molecule has 2 amide bonds. The molecule has 0 bridgehead atoms.